The van der Waals surface area contributed by atoms with Crippen LogP contribution in [-0.4, -0.2) is 12.3 Å². The summed E-state index contributed by atoms with van der Waals surface area (Å²) in [5.41, 5.74) is 1.78. The standard InChI is InChI=1S/C11H11NO2S/c1-13-10-4-2-3-8(5-10)11-6-9(7-15)12-14-11/h2-6,15H,7H2,1H3. The third-order valence-corrected chi connectivity index (χ3v) is 2.40. The first kappa shape index (κ1) is 10.1. The van der Waals surface area contributed by atoms with E-state index in [1.54, 1.807) is 7.11 Å². The van der Waals surface area contributed by atoms with Crippen molar-refractivity contribution < 1.29 is 9.26 Å². The molecule has 0 bridgehead atoms. The molecule has 0 N–H and O–H groups in total. The van der Waals surface area contributed by atoms with Crippen molar-refractivity contribution in [2.75, 3.05) is 7.11 Å². The van der Waals surface area contributed by atoms with Gasteiger partial charge in [-0.1, -0.05) is 17.3 Å². The maximum atomic E-state index is 5.19. The molecular formula is C11H11NO2S. The molecule has 78 valence electrons. The molecule has 0 unspecified atom stereocenters. The molecule has 0 aliphatic rings. The molecule has 2 aromatic rings. The molecule has 0 amide bonds. The molecule has 0 aliphatic heterocycles. The lowest BCUT2D eigenvalue weighted by atomic mass is 10.1. The molecule has 0 saturated carbocycles. The first-order valence-electron chi connectivity index (χ1n) is 4.54. The number of hydrogen-bond acceptors (Lipinski definition) is 4. The minimum absolute atomic E-state index is 0.577. The van der Waals surface area contributed by atoms with Crippen LogP contribution in [0.15, 0.2) is 34.9 Å². The fraction of sp³-hybridized carbons (Fsp3) is 0.182. The third kappa shape index (κ3) is 2.15. The minimum Gasteiger partial charge on any atom is -0.497 e. The highest BCUT2D eigenvalue weighted by atomic mass is 32.1. The topological polar surface area (TPSA) is 35.3 Å². The summed E-state index contributed by atoms with van der Waals surface area (Å²) in [6.45, 7) is 0. The fourth-order valence-corrected chi connectivity index (χ4v) is 1.45. The molecule has 1 aromatic heterocycles. The molecular weight excluding hydrogens is 210 g/mol. The van der Waals surface area contributed by atoms with Crippen LogP contribution in [-0.2, 0) is 5.75 Å². The van der Waals surface area contributed by atoms with Gasteiger partial charge >= 0.3 is 0 Å². The summed E-state index contributed by atoms with van der Waals surface area (Å²) < 4.78 is 10.3. The zero-order valence-electron chi connectivity index (χ0n) is 8.30. The Bertz CT molecular complexity index is 453. The van der Waals surface area contributed by atoms with Crippen LogP contribution in [0.3, 0.4) is 0 Å². The van der Waals surface area contributed by atoms with Crippen molar-refractivity contribution in [2.24, 2.45) is 0 Å². The van der Waals surface area contributed by atoms with E-state index in [1.165, 1.54) is 0 Å². The van der Waals surface area contributed by atoms with Crippen LogP contribution in [0.4, 0.5) is 0 Å². The lowest BCUT2D eigenvalue weighted by Crippen LogP contribution is -1.82. The molecule has 3 nitrogen and oxygen atoms in total. The van der Waals surface area contributed by atoms with Crippen LogP contribution in [0.25, 0.3) is 11.3 Å². The van der Waals surface area contributed by atoms with E-state index in [0.29, 0.717) is 5.75 Å². The van der Waals surface area contributed by atoms with E-state index in [4.69, 9.17) is 9.26 Å². The Balaban J connectivity index is 2.35. The quantitative estimate of drug-likeness (QED) is 0.809. The fourth-order valence-electron chi connectivity index (χ4n) is 1.30. The molecule has 0 atom stereocenters. The van der Waals surface area contributed by atoms with Gasteiger partial charge in [-0.2, -0.15) is 12.6 Å². The summed E-state index contributed by atoms with van der Waals surface area (Å²) in [5.74, 6) is 2.11. The molecule has 2 rings (SSSR count). The Morgan fingerprint density at radius 2 is 2.27 bits per heavy atom. The summed E-state index contributed by atoms with van der Waals surface area (Å²) in [6.07, 6.45) is 0. The average molecular weight is 221 g/mol. The zero-order valence-corrected chi connectivity index (χ0v) is 9.20. The Kier molecular flexibility index (Phi) is 2.97. The predicted octanol–water partition coefficient (Wildman–Crippen LogP) is 2.78. The molecule has 0 spiro atoms. The minimum atomic E-state index is 0.577. The normalized spacial score (nSPS) is 10.3. The number of methoxy groups -OCH3 is 1. The van der Waals surface area contributed by atoms with Crippen molar-refractivity contribution in [3.05, 3.63) is 36.0 Å². The van der Waals surface area contributed by atoms with Crippen LogP contribution in [0, 0.1) is 0 Å². The van der Waals surface area contributed by atoms with Crippen molar-refractivity contribution in [3.8, 4) is 17.1 Å². The molecule has 0 radical (unpaired) electrons. The summed E-state index contributed by atoms with van der Waals surface area (Å²) in [5, 5.41) is 3.87. The van der Waals surface area contributed by atoms with E-state index in [2.05, 4.69) is 17.8 Å². The lowest BCUT2D eigenvalue weighted by Gasteiger charge is -2.00. The number of rotatable bonds is 3. The second kappa shape index (κ2) is 4.40. The third-order valence-electron chi connectivity index (χ3n) is 2.08. The Morgan fingerprint density at radius 1 is 1.40 bits per heavy atom. The van der Waals surface area contributed by atoms with Gasteiger partial charge < -0.3 is 9.26 Å². The Morgan fingerprint density at radius 3 is 2.93 bits per heavy atom. The highest BCUT2D eigenvalue weighted by Crippen LogP contribution is 2.24. The van der Waals surface area contributed by atoms with E-state index in [0.717, 1.165) is 22.8 Å². The number of thiol groups is 1. The van der Waals surface area contributed by atoms with E-state index in [-0.39, 0.29) is 0 Å². The van der Waals surface area contributed by atoms with Crippen molar-refractivity contribution in [1.29, 1.82) is 0 Å². The second-order valence-electron chi connectivity index (χ2n) is 3.07. The Labute approximate surface area is 93.5 Å². The second-order valence-corrected chi connectivity index (χ2v) is 3.39. The van der Waals surface area contributed by atoms with E-state index in [1.807, 2.05) is 30.3 Å². The first-order valence-corrected chi connectivity index (χ1v) is 5.17. The average Bonchev–Trinajstić information content (AvgIpc) is 2.78. The molecule has 0 saturated heterocycles. The molecule has 1 aromatic carbocycles. The summed E-state index contributed by atoms with van der Waals surface area (Å²) in [4.78, 5) is 0. The van der Waals surface area contributed by atoms with Crippen LogP contribution in [0.1, 0.15) is 5.69 Å². The highest BCUT2D eigenvalue weighted by Gasteiger charge is 2.06. The SMILES string of the molecule is COc1cccc(-c2cc(CS)no2)c1. The maximum Gasteiger partial charge on any atom is 0.167 e. The van der Waals surface area contributed by atoms with Gasteiger partial charge in [0.25, 0.3) is 0 Å². The van der Waals surface area contributed by atoms with E-state index in [9.17, 15) is 0 Å². The number of nitrogens with zero attached hydrogens (tertiary/aromatic N) is 1. The van der Waals surface area contributed by atoms with Gasteiger partial charge in [-0.25, -0.2) is 0 Å². The van der Waals surface area contributed by atoms with Gasteiger partial charge in [0.05, 0.1) is 12.8 Å². The predicted molar refractivity (Wildman–Crippen MR) is 61.2 cm³/mol. The van der Waals surface area contributed by atoms with Crippen molar-refractivity contribution in [2.45, 2.75) is 5.75 Å². The molecule has 15 heavy (non-hydrogen) atoms. The van der Waals surface area contributed by atoms with Gasteiger partial charge in [-0.3, -0.25) is 0 Å². The van der Waals surface area contributed by atoms with Crippen molar-refractivity contribution in [1.82, 2.24) is 5.16 Å². The maximum absolute atomic E-state index is 5.19. The zero-order chi connectivity index (χ0) is 10.7. The Hall–Kier alpha value is -1.42. The number of aromatic nitrogens is 1. The van der Waals surface area contributed by atoms with Gasteiger partial charge in [0.15, 0.2) is 5.76 Å². The smallest absolute Gasteiger partial charge is 0.167 e. The molecule has 0 fully saturated rings. The van der Waals surface area contributed by atoms with E-state index >= 15 is 0 Å². The number of ether oxygens (including phenoxy) is 1. The molecule has 4 heteroatoms. The molecule has 0 aliphatic carbocycles. The van der Waals surface area contributed by atoms with Crippen molar-refractivity contribution in [3.63, 3.8) is 0 Å². The van der Waals surface area contributed by atoms with Crippen LogP contribution < -0.4 is 4.74 Å². The summed E-state index contributed by atoms with van der Waals surface area (Å²) in [7, 11) is 1.64. The van der Waals surface area contributed by atoms with Crippen LogP contribution in [0.2, 0.25) is 0 Å². The highest BCUT2D eigenvalue weighted by molar-refractivity contribution is 7.79. The number of hydrogen-bond donors (Lipinski definition) is 1. The monoisotopic (exact) mass is 221 g/mol. The van der Waals surface area contributed by atoms with Crippen molar-refractivity contribution >= 4 is 12.6 Å². The van der Waals surface area contributed by atoms with Crippen LogP contribution >= 0.6 is 12.6 Å². The summed E-state index contributed by atoms with van der Waals surface area (Å²) in [6, 6.07) is 9.53. The van der Waals surface area contributed by atoms with Gasteiger partial charge in [0.2, 0.25) is 0 Å². The van der Waals surface area contributed by atoms with Gasteiger partial charge in [-0.15, -0.1) is 0 Å². The van der Waals surface area contributed by atoms with E-state index < -0.39 is 0 Å². The van der Waals surface area contributed by atoms with Gasteiger partial charge in [0, 0.05) is 17.4 Å². The van der Waals surface area contributed by atoms with Gasteiger partial charge in [-0.05, 0) is 12.1 Å². The lowest BCUT2D eigenvalue weighted by molar-refractivity contribution is 0.413. The largest absolute Gasteiger partial charge is 0.497 e. The summed E-state index contributed by atoms with van der Waals surface area (Å²) >= 11 is 4.13. The van der Waals surface area contributed by atoms with Gasteiger partial charge in [0.1, 0.15) is 5.75 Å². The van der Waals surface area contributed by atoms with Crippen LogP contribution in [0.5, 0.6) is 5.75 Å². The molecule has 1 heterocycles. The first-order chi connectivity index (χ1) is 7.33. The number of benzene rings is 1.